The van der Waals surface area contributed by atoms with Crippen molar-refractivity contribution in [1.29, 1.82) is 0 Å². The molecule has 8 heteroatoms. The smallest absolute Gasteiger partial charge is 0.322 e. The fourth-order valence-electron chi connectivity index (χ4n) is 2.38. The number of alkyl halides is 3. The van der Waals surface area contributed by atoms with Crippen LogP contribution < -0.4 is 5.32 Å². The van der Waals surface area contributed by atoms with E-state index >= 15 is 0 Å². The number of amides is 1. The van der Waals surface area contributed by atoms with Crippen molar-refractivity contribution >= 4 is 11.6 Å². The second-order valence-corrected chi connectivity index (χ2v) is 5.78. The van der Waals surface area contributed by atoms with Crippen molar-refractivity contribution in [1.82, 2.24) is 14.8 Å². The van der Waals surface area contributed by atoms with Crippen LogP contribution in [0.15, 0.2) is 48.8 Å². The van der Waals surface area contributed by atoms with Gasteiger partial charge < -0.3 is 5.32 Å². The van der Waals surface area contributed by atoms with Crippen molar-refractivity contribution in [3.8, 4) is 5.82 Å². The number of aromatic nitrogens is 3. The maximum atomic E-state index is 12.6. The number of aryl methyl sites for hydroxylation is 1. The minimum absolute atomic E-state index is 0.199. The van der Waals surface area contributed by atoms with Crippen LogP contribution in [0, 0.1) is 13.8 Å². The number of benzene rings is 1. The molecule has 1 N–H and O–H groups in total. The Bertz CT molecular complexity index is 929. The van der Waals surface area contributed by atoms with Gasteiger partial charge >= 0.3 is 6.18 Å². The molecular formula is C18H15F3N4O. The fourth-order valence-corrected chi connectivity index (χ4v) is 2.38. The van der Waals surface area contributed by atoms with E-state index in [0.717, 1.165) is 17.8 Å². The van der Waals surface area contributed by atoms with Crippen molar-refractivity contribution in [3.05, 3.63) is 71.2 Å². The van der Waals surface area contributed by atoms with E-state index in [-0.39, 0.29) is 11.7 Å². The van der Waals surface area contributed by atoms with E-state index in [1.807, 2.05) is 19.1 Å². The van der Waals surface area contributed by atoms with Gasteiger partial charge in [0, 0.05) is 11.9 Å². The Morgan fingerprint density at radius 1 is 1.04 bits per heavy atom. The van der Waals surface area contributed by atoms with Crippen molar-refractivity contribution in [2.24, 2.45) is 0 Å². The molecule has 0 saturated carbocycles. The molecule has 0 unspecified atom stereocenters. The Morgan fingerprint density at radius 2 is 1.73 bits per heavy atom. The first-order chi connectivity index (χ1) is 12.3. The molecule has 2 heterocycles. The van der Waals surface area contributed by atoms with Crippen LogP contribution in [0.3, 0.4) is 0 Å². The Labute approximate surface area is 147 Å². The maximum absolute atomic E-state index is 12.6. The molecule has 3 rings (SSSR count). The van der Waals surface area contributed by atoms with Crippen LogP contribution in [0.25, 0.3) is 5.82 Å². The minimum atomic E-state index is -4.45. The van der Waals surface area contributed by atoms with Gasteiger partial charge in [-0.05, 0) is 38.1 Å². The lowest BCUT2D eigenvalue weighted by atomic mass is 10.2. The van der Waals surface area contributed by atoms with Gasteiger partial charge in [0.1, 0.15) is 0 Å². The largest absolute Gasteiger partial charge is 0.417 e. The second kappa shape index (κ2) is 6.62. The highest BCUT2D eigenvalue weighted by molar-refractivity contribution is 6.04. The maximum Gasteiger partial charge on any atom is 0.417 e. The summed E-state index contributed by atoms with van der Waals surface area (Å²) in [5.74, 6) is -0.158. The first kappa shape index (κ1) is 17.7. The highest BCUT2D eigenvalue weighted by Gasteiger charge is 2.30. The van der Waals surface area contributed by atoms with Gasteiger partial charge in [0.25, 0.3) is 5.91 Å². The molecule has 2 aromatic heterocycles. The van der Waals surface area contributed by atoms with Crippen LogP contribution in [0.5, 0.6) is 0 Å². The lowest BCUT2D eigenvalue weighted by molar-refractivity contribution is -0.137. The molecule has 26 heavy (non-hydrogen) atoms. The number of anilines is 1. The van der Waals surface area contributed by atoms with Gasteiger partial charge in [-0.1, -0.05) is 17.7 Å². The SMILES string of the molecule is Cc1ccc(NC(=O)c2cnn(-c3ccc(C(F)(F)F)cn3)c2C)cc1. The number of halogens is 3. The summed E-state index contributed by atoms with van der Waals surface area (Å²) in [5.41, 5.74) is 1.65. The number of hydrogen-bond acceptors (Lipinski definition) is 3. The topological polar surface area (TPSA) is 59.8 Å². The third-order valence-corrected chi connectivity index (χ3v) is 3.86. The summed E-state index contributed by atoms with van der Waals surface area (Å²) in [6.07, 6.45) is -2.36. The molecule has 0 aliphatic carbocycles. The van der Waals surface area contributed by atoms with E-state index in [9.17, 15) is 18.0 Å². The third kappa shape index (κ3) is 3.58. The molecule has 0 radical (unpaired) electrons. The molecule has 0 saturated heterocycles. The summed E-state index contributed by atoms with van der Waals surface area (Å²) < 4.78 is 39.2. The van der Waals surface area contributed by atoms with Gasteiger partial charge in [0.2, 0.25) is 0 Å². The van der Waals surface area contributed by atoms with Crippen LogP contribution in [0.4, 0.5) is 18.9 Å². The normalized spacial score (nSPS) is 11.4. The number of carbonyl (C=O) groups is 1. The van der Waals surface area contributed by atoms with Gasteiger partial charge in [0.15, 0.2) is 5.82 Å². The van der Waals surface area contributed by atoms with E-state index in [4.69, 9.17) is 0 Å². The number of hydrogen-bond donors (Lipinski definition) is 1. The summed E-state index contributed by atoms with van der Waals surface area (Å²) in [4.78, 5) is 16.2. The standard InChI is InChI=1S/C18H15F3N4O/c1-11-3-6-14(7-4-11)24-17(26)15-10-23-25(12(15)2)16-8-5-13(9-22-16)18(19,20)21/h3-10H,1-2H3,(H,24,26). The highest BCUT2D eigenvalue weighted by Crippen LogP contribution is 2.28. The van der Waals surface area contributed by atoms with Crippen LogP contribution in [0.2, 0.25) is 0 Å². The highest BCUT2D eigenvalue weighted by atomic mass is 19.4. The summed E-state index contributed by atoms with van der Waals surface area (Å²) >= 11 is 0. The zero-order valence-corrected chi connectivity index (χ0v) is 14.0. The molecule has 0 spiro atoms. The summed E-state index contributed by atoms with van der Waals surface area (Å²) in [6, 6.07) is 9.45. The average Bonchev–Trinajstić information content (AvgIpc) is 2.98. The van der Waals surface area contributed by atoms with Crippen molar-refractivity contribution in [3.63, 3.8) is 0 Å². The van der Waals surface area contributed by atoms with Gasteiger partial charge in [0.05, 0.1) is 23.0 Å². The predicted molar refractivity (Wildman–Crippen MR) is 90.2 cm³/mol. The Hall–Kier alpha value is -3.16. The summed E-state index contributed by atoms with van der Waals surface area (Å²) in [7, 11) is 0. The van der Waals surface area contributed by atoms with Crippen LogP contribution in [0.1, 0.15) is 27.2 Å². The molecule has 0 aliphatic rings. The van der Waals surface area contributed by atoms with Gasteiger partial charge in [-0.15, -0.1) is 0 Å². The Kier molecular flexibility index (Phi) is 4.50. The fraction of sp³-hybridized carbons (Fsp3) is 0.167. The van der Waals surface area contributed by atoms with Crippen LogP contribution >= 0.6 is 0 Å². The third-order valence-electron chi connectivity index (χ3n) is 3.86. The molecule has 0 fully saturated rings. The monoisotopic (exact) mass is 360 g/mol. The quantitative estimate of drug-likeness (QED) is 0.763. The van der Waals surface area contributed by atoms with E-state index < -0.39 is 11.7 Å². The summed E-state index contributed by atoms with van der Waals surface area (Å²) in [6.45, 7) is 3.59. The lowest BCUT2D eigenvalue weighted by Crippen LogP contribution is -2.13. The molecular weight excluding hydrogens is 345 g/mol. The van der Waals surface area contributed by atoms with Gasteiger partial charge in [-0.2, -0.15) is 18.3 Å². The minimum Gasteiger partial charge on any atom is -0.322 e. The van der Waals surface area contributed by atoms with Crippen LogP contribution in [-0.4, -0.2) is 20.7 Å². The van der Waals surface area contributed by atoms with Crippen LogP contribution in [-0.2, 0) is 6.18 Å². The Morgan fingerprint density at radius 3 is 2.31 bits per heavy atom. The molecule has 0 bridgehead atoms. The van der Waals surface area contributed by atoms with Gasteiger partial charge in [-0.3, -0.25) is 4.79 Å². The van der Waals surface area contributed by atoms with E-state index in [2.05, 4.69) is 15.4 Å². The summed E-state index contributed by atoms with van der Waals surface area (Å²) in [5, 5.41) is 6.83. The van der Waals surface area contributed by atoms with Crippen molar-refractivity contribution in [2.45, 2.75) is 20.0 Å². The molecule has 5 nitrogen and oxygen atoms in total. The lowest BCUT2D eigenvalue weighted by Gasteiger charge is -2.08. The predicted octanol–water partition coefficient (Wildman–Crippen LogP) is 4.16. The number of pyridine rings is 1. The zero-order chi connectivity index (χ0) is 18.9. The van der Waals surface area contributed by atoms with E-state index in [1.165, 1.54) is 16.9 Å². The number of nitrogens with zero attached hydrogens (tertiary/aromatic N) is 3. The first-order valence-corrected chi connectivity index (χ1v) is 7.72. The Balaban J connectivity index is 1.83. The molecule has 3 aromatic rings. The number of nitrogens with one attached hydrogen (secondary N) is 1. The first-order valence-electron chi connectivity index (χ1n) is 7.72. The molecule has 0 aliphatic heterocycles. The molecule has 134 valence electrons. The van der Waals surface area contributed by atoms with E-state index in [1.54, 1.807) is 19.1 Å². The second-order valence-electron chi connectivity index (χ2n) is 5.78. The van der Waals surface area contributed by atoms with Gasteiger partial charge in [-0.25, -0.2) is 9.67 Å². The number of rotatable bonds is 3. The molecule has 1 amide bonds. The average molecular weight is 360 g/mol. The zero-order valence-electron chi connectivity index (χ0n) is 14.0. The van der Waals surface area contributed by atoms with E-state index in [0.29, 0.717) is 16.9 Å². The van der Waals surface area contributed by atoms with Crippen molar-refractivity contribution < 1.29 is 18.0 Å². The molecule has 0 atom stereocenters. The molecule has 1 aromatic carbocycles. The van der Waals surface area contributed by atoms with Crippen molar-refractivity contribution in [2.75, 3.05) is 5.32 Å². The number of carbonyl (C=O) groups excluding carboxylic acids is 1.